The molecule has 0 spiro atoms. The molecule has 20 nitrogen and oxygen atoms in total. The summed E-state index contributed by atoms with van der Waals surface area (Å²) in [7, 11) is 1.97. The van der Waals surface area contributed by atoms with Gasteiger partial charge in [-0.25, -0.2) is 19.7 Å². The van der Waals surface area contributed by atoms with Crippen LogP contribution in [0.5, 0.6) is 0 Å². The molecule has 3 atom stereocenters. The van der Waals surface area contributed by atoms with Gasteiger partial charge >= 0.3 is 6.03 Å². The smallest absolute Gasteiger partial charge is 0.315 e. The maximum absolute atomic E-state index is 12.6. The lowest BCUT2D eigenvalue weighted by atomic mass is 10.0. The standard InChI is InChI=1S/C49H72N12O8S/c1-61(27-11-22-47(65)59-41-18-9-17-40(57-41)58-43-34-42(53-36-54-43)55-37-14-3-2-4-15-37)26-8-7-23-50-45(63)20-10-21-46(64)52-25-13-29-68-31-33-69-32-30-67-28-12-24-51-44(62)19-6-5-16-39-48-38(35-70-39)56-49(66)60-48/h2-4,9,11,14-15,17-18,22,34,36,38-39,48H,5-8,10,12-13,16,19-21,23-33,35H2,1H3,(H,50,63)(H,51,62)(H,52,64)(H2,56,60,66)(H3,53,54,55,57,58,59,65)/t38-,39-,48-/m0/s1. The van der Waals surface area contributed by atoms with Crippen LogP contribution >= 0.6 is 11.8 Å². The van der Waals surface area contributed by atoms with Gasteiger partial charge in [-0.3, -0.25) is 19.2 Å². The van der Waals surface area contributed by atoms with Crippen LogP contribution < -0.4 is 42.5 Å². The molecule has 0 saturated carbocycles. The van der Waals surface area contributed by atoms with Crippen molar-refractivity contribution in [2.45, 2.75) is 88.0 Å². The topological polar surface area (TPSA) is 251 Å². The van der Waals surface area contributed by atoms with E-state index < -0.39 is 0 Å². The lowest BCUT2D eigenvalue weighted by Gasteiger charge is -2.16. The minimum Gasteiger partial charge on any atom is -0.379 e. The Labute approximate surface area is 415 Å². The van der Waals surface area contributed by atoms with Gasteiger partial charge in [-0.05, 0) is 82.8 Å². The van der Waals surface area contributed by atoms with Crippen LogP contribution in [0, 0.1) is 0 Å². The van der Waals surface area contributed by atoms with Crippen molar-refractivity contribution in [1.82, 2.24) is 46.4 Å². The minimum atomic E-state index is -0.290. The van der Waals surface area contributed by atoms with Crippen LogP contribution in [0.15, 0.2) is 73.1 Å². The van der Waals surface area contributed by atoms with Crippen molar-refractivity contribution in [1.29, 1.82) is 0 Å². The summed E-state index contributed by atoms with van der Waals surface area (Å²) in [6.07, 6.45) is 12.2. The Morgan fingerprint density at radius 1 is 0.700 bits per heavy atom. The van der Waals surface area contributed by atoms with Gasteiger partial charge in [0.25, 0.3) is 0 Å². The van der Waals surface area contributed by atoms with E-state index in [2.05, 4.69) is 62.4 Å². The van der Waals surface area contributed by atoms with Gasteiger partial charge < -0.3 is 61.6 Å². The quantitative estimate of drug-likeness (QED) is 0.0225. The normalized spacial score (nSPS) is 16.1. The molecule has 2 aliphatic heterocycles. The number of aromatic nitrogens is 3. The summed E-state index contributed by atoms with van der Waals surface area (Å²) in [4.78, 5) is 75.7. The third-order valence-electron chi connectivity index (χ3n) is 11.2. The summed E-state index contributed by atoms with van der Waals surface area (Å²) in [5.41, 5.74) is 0.906. The van der Waals surface area contributed by atoms with E-state index in [1.807, 2.05) is 49.1 Å². The number of hydrogen-bond donors (Lipinski definition) is 8. The maximum atomic E-state index is 12.6. The highest BCUT2D eigenvalue weighted by Gasteiger charge is 2.42. The van der Waals surface area contributed by atoms with Gasteiger partial charge in [-0.1, -0.05) is 36.8 Å². The summed E-state index contributed by atoms with van der Waals surface area (Å²) in [6.45, 7) is 5.93. The van der Waals surface area contributed by atoms with Crippen molar-refractivity contribution in [3.63, 3.8) is 0 Å². The number of urea groups is 1. The van der Waals surface area contributed by atoms with Crippen LogP contribution in [-0.2, 0) is 33.4 Å². The molecule has 6 amide bonds. The number of carbonyl (C=O) groups excluding carboxylic acids is 5. The predicted molar refractivity (Wildman–Crippen MR) is 272 cm³/mol. The fraction of sp³-hybridized carbons (Fsp3) is 0.551. The Kier molecular flexibility index (Phi) is 25.8. The molecule has 0 unspecified atom stereocenters. The Balaban J connectivity index is 0.743. The molecule has 3 aromatic rings. The zero-order chi connectivity index (χ0) is 49.4. The first kappa shape index (κ1) is 55.1. The molecular formula is C49H72N12O8S. The number of fused-ring (bicyclic) bond motifs is 1. The Hall–Kier alpha value is -5.87. The highest BCUT2D eigenvalue weighted by molar-refractivity contribution is 8.00. The number of ether oxygens (including phenoxy) is 3. The van der Waals surface area contributed by atoms with Gasteiger partial charge in [0.05, 0.1) is 38.5 Å². The number of unbranched alkanes of at least 4 members (excludes halogenated alkanes) is 2. The van der Waals surface area contributed by atoms with Crippen LogP contribution in [-0.4, -0.2) is 152 Å². The van der Waals surface area contributed by atoms with Gasteiger partial charge in [-0.2, -0.15) is 11.8 Å². The summed E-state index contributed by atoms with van der Waals surface area (Å²) in [5, 5.41) is 24.3. The number of thioether (sulfide) groups is 1. The maximum Gasteiger partial charge on any atom is 0.315 e. The van der Waals surface area contributed by atoms with Crippen molar-refractivity contribution >= 4 is 70.4 Å². The number of likely N-dealkylation sites (N-methyl/N-ethyl adjacent to an activating group) is 1. The van der Waals surface area contributed by atoms with E-state index in [1.165, 1.54) is 12.4 Å². The molecule has 2 saturated heterocycles. The van der Waals surface area contributed by atoms with E-state index >= 15 is 0 Å². The fourth-order valence-electron chi connectivity index (χ4n) is 7.50. The molecule has 0 aliphatic carbocycles. The number of nitrogens with one attached hydrogen (secondary N) is 8. The van der Waals surface area contributed by atoms with E-state index in [1.54, 1.807) is 30.3 Å². The molecule has 21 heteroatoms. The lowest BCUT2D eigenvalue weighted by Crippen LogP contribution is -2.36. The molecule has 70 heavy (non-hydrogen) atoms. The van der Waals surface area contributed by atoms with Crippen molar-refractivity contribution < 1.29 is 38.2 Å². The number of carbonyl (C=O) groups is 5. The second kappa shape index (κ2) is 32.8. The number of pyridine rings is 1. The minimum absolute atomic E-state index is 0.0634. The van der Waals surface area contributed by atoms with E-state index in [0.29, 0.717) is 120 Å². The number of nitrogens with zero attached hydrogens (tertiary/aromatic N) is 4. The van der Waals surface area contributed by atoms with Gasteiger partial charge in [0, 0.05) is 87.5 Å². The van der Waals surface area contributed by atoms with Crippen LogP contribution in [0.1, 0.15) is 70.6 Å². The van der Waals surface area contributed by atoms with Crippen LogP contribution in [0.25, 0.3) is 0 Å². The van der Waals surface area contributed by atoms with Crippen molar-refractivity contribution in [2.24, 2.45) is 0 Å². The molecular weight excluding hydrogens is 917 g/mol. The Morgan fingerprint density at radius 3 is 2.03 bits per heavy atom. The Bertz CT molecular complexity index is 2070. The molecule has 4 heterocycles. The number of para-hydroxylation sites is 1. The highest BCUT2D eigenvalue weighted by Crippen LogP contribution is 2.33. The van der Waals surface area contributed by atoms with Gasteiger partial charge in [-0.15, -0.1) is 0 Å². The van der Waals surface area contributed by atoms with Crippen molar-refractivity contribution in [2.75, 3.05) is 101 Å². The highest BCUT2D eigenvalue weighted by atomic mass is 32.2. The van der Waals surface area contributed by atoms with Gasteiger partial charge in [0.1, 0.15) is 29.6 Å². The molecule has 8 N–H and O–H groups in total. The summed E-state index contributed by atoms with van der Waals surface area (Å²) < 4.78 is 16.7. The van der Waals surface area contributed by atoms with Crippen LogP contribution in [0.2, 0.25) is 0 Å². The third-order valence-corrected chi connectivity index (χ3v) is 12.7. The van der Waals surface area contributed by atoms with E-state index in [0.717, 1.165) is 56.5 Å². The van der Waals surface area contributed by atoms with Gasteiger partial charge in [0.2, 0.25) is 23.6 Å². The average Bonchev–Trinajstić information content (AvgIpc) is 3.90. The predicted octanol–water partition coefficient (Wildman–Crippen LogP) is 4.64. The molecule has 382 valence electrons. The molecule has 5 rings (SSSR count). The molecule has 2 aromatic heterocycles. The zero-order valence-corrected chi connectivity index (χ0v) is 41.2. The van der Waals surface area contributed by atoms with Crippen molar-refractivity contribution in [3.05, 3.63) is 73.1 Å². The number of rotatable bonds is 36. The number of amides is 6. The second-order valence-electron chi connectivity index (χ2n) is 17.0. The SMILES string of the molecule is CN(CC=CC(=O)Nc1cccc(Nc2cc(Nc3ccccc3)ncn2)n1)CCCCNC(=O)CCCC(=O)NCCCOCCOCCOCCCNC(=O)CCCC[C@@H]1SC[C@@H]2NC(=O)N[C@@H]21. The summed E-state index contributed by atoms with van der Waals surface area (Å²) in [5.74, 6) is 2.67. The first-order valence-corrected chi connectivity index (χ1v) is 25.5. The van der Waals surface area contributed by atoms with Crippen molar-refractivity contribution in [3.8, 4) is 0 Å². The zero-order valence-electron chi connectivity index (χ0n) is 40.4. The third kappa shape index (κ3) is 23.2. The number of anilines is 5. The average molecular weight is 989 g/mol. The molecule has 0 bridgehead atoms. The monoisotopic (exact) mass is 989 g/mol. The molecule has 2 aliphatic rings. The summed E-state index contributed by atoms with van der Waals surface area (Å²) >= 11 is 1.90. The number of benzene rings is 1. The van der Waals surface area contributed by atoms with Crippen LogP contribution in [0.3, 0.4) is 0 Å². The second-order valence-corrected chi connectivity index (χ2v) is 18.3. The number of hydrogen-bond acceptors (Lipinski definition) is 15. The van der Waals surface area contributed by atoms with Crippen LogP contribution in [0.4, 0.5) is 33.8 Å². The molecule has 2 fully saturated rings. The van der Waals surface area contributed by atoms with Gasteiger partial charge in [0.15, 0.2) is 0 Å². The van der Waals surface area contributed by atoms with E-state index in [4.69, 9.17) is 14.2 Å². The first-order chi connectivity index (χ1) is 34.2. The summed E-state index contributed by atoms with van der Waals surface area (Å²) in [6, 6.07) is 17.1. The first-order valence-electron chi connectivity index (χ1n) is 24.5. The van der Waals surface area contributed by atoms with E-state index in [-0.39, 0.29) is 48.2 Å². The molecule has 0 radical (unpaired) electrons. The fourth-order valence-corrected chi connectivity index (χ4v) is 9.04. The lowest BCUT2D eigenvalue weighted by molar-refractivity contribution is -0.123. The molecule has 1 aromatic carbocycles. The largest absolute Gasteiger partial charge is 0.379 e. The Morgan fingerprint density at radius 2 is 1.33 bits per heavy atom. The van der Waals surface area contributed by atoms with E-state index in [9.17, 15) is 24.0 Å².